The number of aliphatic carboxylic acids is 1. The van der Waals surface area contributed by atoms with Gasteiger partial charge in [-0.1, -0.05) is 0 Å². The van der Waals surface area contributed by atoms with Gasteiger partial charge in [0.1, 0.15) is 5.60 Å². The number of nitrogens with zero attached hydrogens (tertiary/aromatic N) is 1. The number of carboxylic acids is 1. The van der Waals surface area contributed by atoms with Crippen molar-refractivity contribution >= 4 is 17.8 Å². The van der Waals surface area contributed by atoms with Gasteiger partial charge < -0.3 is 14.7 Å². The number of Topliss-reactive ketones (excluding diaryl/α,β-unsaturated/α-hetero) is 1. The Hall–Kier alpha value is -1.59. The van der Waals surface area contributed by atoms with Crippen molar-refractivity contribution in [1.29, 1.82) is 0 Å². The van der Waals surface area contributed by atoms with E-state index in [2.05, 4.69) is 0 Å². The summed E-state index contributed by atoms with van der Waals surface area (Å²) in [6.07, 6.45) is 0.770. The molecule has 1 unspecified atom stereocenters. The van der Waals surface area contributed by atoms with Crippen LogP contribution in [0.25, 0.3) is 0 Å². The van der Waals surface area contributed by atoms with Crippen LogP contribution >= 0.6 is 0 Å². The normalized spacial score (nSPS) is 19.7. The molecule has 1 rings (SSSR count). The van der Waals surface area contributed by atoms with Crippen LogP contribution in [0.5, 0.6) is 0 Å². The average Bonchev–Trinajstić information content (AvgIpc) is 2.62. The number of hydrogen-bond donors (Lipinski definition) is 1. The van der Waals surface area contributed by atoms with E-state index < -0.39 is 23.4 Å². The monoisotopic (exact) mass is 257 g/mol. The summed E-state index contributed by atoms with van der Waals surface area (Å²) in [5.41, 5.74) is -0.596. The highest BCUT2D eigenvalue weighted by Crippen LogP contribution is 2.23. The largest absolute Gasteiger partial charge is 0.476 e. The van der Waals surface area contributed by atoms with Gasteiger partial charge >= 0.3 is 12.1 Å². The second-order valence-electron chi connectivity index (χ2n) is 5.40. The Morgan fingerprint density at radius 3 is 2.44 bits per heavy atom. The number of rotatable bonds is 3. The molecule has 6 heteroatoms. The maximum atomic E-state index is 11.9. The van der Waals surface area contributed by atoms with Gasteiger partial charge in [0, 0.05) is 19.0 Å². The number of hydrogen-bond acceptors (Lipinski definition) is 4. The van der Waals surface area contributed by atoms with Crippen LogP contribution in [0.3, 0.4) is 0 Å². The molecule has 1 aliphatic heterocycles. The summed E-state index contributed by atoms with van der Waals surface area (Å²) in [5, 5.41) is 8.57. The Labute approximate surface area is 106 Å². The van der Waals surface area contributed by atoms with Gasteiger partial charge in [-0.05, 0) is 33.6 Å². The Bertz CT molecular complexity index is 358. The van der Waals surface area contributed by atoms with Gasteiger partial charge in [-0.15, -0.1) is 0 Å². The number of likely N-dealkylation sites (tertiary alicyclic amines) is 1. The third kappa shape index (κ3) is 4.01. The Balaban J connectivity index is 2.62. The Kier molecular flexibility index (Phi) is 4.32. The van der Waals surface area contributed by atoms with Gasteiger partial charge in [0.05, 0.1) is 0 Å². The first-order valence-corrected chi connectivity index (χ1v) is 5.96. The lowest BCUT2D eigenvalue weighted by molar-refractivity contribution is -0.149. The van der Waals surface area contributed by atoms with Crippen LogP contribution < -0.4 is 0 Å². The summed E-state index contributed by atoms with van der Waals surface area (Å²) in [6.45, 7) is 5.79. The van der Waals surface area contributed by atoms with E-state index in [4.69, 9.17) is 9.84 Å². The zero-order valence-electron chi connectivity index (χ0n) is 10.9. The maximum absolute atomic E-state index is 11.9. The van der Waals surface area contributed by atoms with Crippen LogP contribution in [-0.2, 0) is 14.3 Å². The standard InChI is InChI=1S/C12H19NO5/c1-12(2,3)18-11(17)13-6-4-5-8(13)7-9(14)10(15)16/h8H,4-7H2,1-3H3,(H,15,16). The lowest BCUT2D eigenvalue weighted by Gasteiger charge is -2.28. The summed E-state index contributed by atoms with van der Waals surface area (Å²) < 4.78 is 5.22. The second kappa shape index (κ2) is 5.37. The third-order valence-electron chi connectivity index (χ3n) is 2.66. The van der Waals surface area contributed by atoms with Crippen LogP contribution in [0, 0.1) is 0 Å². The molecule has 0 radical (unpaired) electrons. The number of carbonyl (C=O) groups excluding carboxylic acids is 2. The highest BCUT2D eigenvalue weighted by molar-refractivity contribution is 6.32. The van der Waals surface area contributed by atoms with Gasteiger partial charge in [-0.25, -0.2) is 9.59 Å². The van der Waals surface area contributed by atoms with Crippen molar-refractivity contribution in [1.82, 2.24) is 4.90 Å². The minimum atomic E-state index is -1.45. The van der Waals surface area contributed by atoms with Gasteiger partial charge in [-0.3, -0.25) is 4.79 Å². The van der Waals surface area contributed by atoms with Crippen molar-refractivity contribution in [2.75, 3.05) is 6.54 Å². The fourth-order valence-corrected chi connectivity index (χ4v) is 1.91. The Morgan fingerprint density at radius 2 is 1.94 bits per heavy atom. The predicted octanol–water partition coefficient (Wildman–Crippen LogP) is 1.43. The third-order valence-corrected chi connectivity index (χ3v) is 2.66. The zero-order chi connectivity index (χ0) is 13.9. The average molecular weight is 257 g/mol. The van der Waals surface area contributed by atoms with E-state index in [0.717, 1.165) is 6.42 Å². The molecule has 0 aromatic rings. The molecule has 1 amide bonds. The van der Waals surface area contributed by atoms with Crippen molar-refractivity contribution in [3.63, 3.8) is 0 Å². The maximum Gasteiger partial charge on any atom is 0.410 e. The molecule has 0 bridgehead atoms. The van der Waals surface area contributed by atoms with E-state index >= 15 is 0 Å². The topological polar surface area (TPSA) is 83.9 Å². The van der Waals surface area contributed by atoms with E-state index in [-0.39, 0.29) is 12.5 Å². The smallest absolute Gasteiger partial charge is 0.410 e. The highest BCUT2D eigenvalue weighted by atomic mass is 16.6. The molecule has 1 N–H and O–H groups in total. The summed E-state index contributed by atoms with van der Waals surface area (Å²) in [4.78, 5) is 35.0. The first-order chi connectivity index (χ1) is 8.20. The summed E-state index contributed by atoms with van der Waals surface area (Å²) in [5.74, 6) is -2.32. The fraction of sp³-hybridized carbons (Fsp3) is 0.750. The molecule has 0 spiro atoms. The van der Waals surface area contributed by atoms with Crippen LogP contribution in [0.15, 0.2) is 0 Å². The van der Waals surface area contributed by atoms with Crippen molar-refractivity contribution in [3.05, 3.63) is 0 Å². The number of ketones is 1. The van der Waals surface area contributed by atoms with Crippen molar-refractivity contribution in [2.24, 2.45) is 0 Å². The minimum absolute atomic E-state index is 0.144. The molecule has 0 aromatic heterocycles. The quantitative estimate of drug-likeness (QED) is 0.773. The number of amides is 1. The van der Waals surface area contributed by atoms with E-state index in [1.807, 2.05) is 0 Å². The zero-order valence-corrected chi connectivity index (χ0v) is 10.9. The Morgan fingerprint density at radius 1 is 1.33 bits per heavy atom. The molecule has 6 nitrogen and oxygen atoms in total. The fourth-order valence-electron chi connectivity index (χ4n) is 1.91. The van der Waals surface area contributed by atoms with Crippen LogP contribution in [0.2, 0.25) is 0 Å². The number of carboxylic acid groups (broad SMARTS) is 1. The molecule has 1 heterocycles. The van der Waals surface area contributed by atoms with Crippen molar-refractivity contribution in [2.45, 2.75) is 51.7 Å². The lowest BCUT2D eigenvalue weighted by atomic mass is 10.1. The van der Waals surface area contributed by atoms with Gasteiger partial charge in [0.15, 0.2) is 0 Å². The molecule has 0 aromatic carbocycles. The van der Waals surface area contributed by atoms with Crippen molar-refractivity contribution in [3.8, 4) is 0 Å². The summed E-state index contributed by atoms with van der Waals surface area (Å²) in [7, 11) is 0. The summed E-state index contributed by atoms with van der Waals surface area (Å²) >= 11 is 0. The first kappa shape index (κ1) is 14.5. The minimum Gasteiger partial charge on any atom is -0.476 e. The molecule has 0 saturated carbocycles. The van der Waals surface area contributed by atoms with Crippen LogP contribution in [0.4, 0.5) is 4.79 Å². The van der Waals surface area contributed by atoms with E-state index in [1.165, 1.54) is 4.90 Å². The van der Waals surface area contributed by atoms with Crippen molar-refractivity contribution < 1.29 is 24.2 Å². The number of carbonyl (C=O) groups is 3. The molecular weight excluding hydrogens is 238 g/mol. The molecule has 1 aliphatic rings. The van der Waals surface area contributed by atoms with E-state index in [9.17, 15) is 14.4 Å². The SMILES string of the molecule is CC(C)(C)OC(=O)N1CCCC1CC(=O)C(=O)O. The van der Waals surface area contributed by atoms with Crippen LogP contribution in [-0.4, -0.2) is 46.0 Å². The van der Waals surface area contributed by atoms with Crippen LogP contribution in [0.1, 0.15) is 40.0 Å². The van der Waals surface area contributed by atoms with Gasteiger partial charge in [-0.2, -0.15) is 0 Å². The van der Waals surface area contributed by atoms with Gasteiger partial charge in [0.2, 0.25) is 5.78 Å². The molecule has 0 aliphatic carbocycles. The second-order valence-corrected chi connectivity index (χ2v) is 5.40. The van der Waals surface area contributed by atoms with E-state index in [1.54, 1.807) is 20.8 Å². The summed E-state index contributed by atoms with van der Waals surface area (Å²) in [6, 6.07) is -0.358. The first-order valence-electron chi connectivity index (χ1n) is 5.96. The lowest BCUT2D eigenvalue weighted by Crippen LogP contribution is -2.41. The molecule has 1 atom stereocenters. The van der Waals surface area contributed by atoms with E-state index in [0.29, 0.717) is 13.0 Å². The molecule has 1 fully saturated rings. The molecular formula is C12H19NO5. The highest BCUT2D eigenvalue weighted by Gasteiger charge is 2.34. The molecule has 102 valence electrons. The molecule has 18 heavy (non-hydrogen) atoms. The van der Waals surface area contributed by atoms with Gasteiger partial charge in [0.25, 0.3) is 0 Å². The number of ether oxygens (including phenoxy) is 1. The predicted molar refractivity (Wildman–Crippen MR) is 63.2 cm³/mol. The molecule has 1 saturated heterocycles.